The molecule has 0 fully saturated rings. The molecule has 0 radical (unpaired) electrons. The largest absolute Gasteiger partial charge is 0.349 e. The molecule has 0 aliphatic rings. The lowest BCUT2D eigenvalue weighted by atomic mass is 10.2. The molecule has 0 atom stereocenters. The van der Waals surface area contributed by atoms with Gasteiger partial charge in [0, 0.05) is 38.1 Å². The van der Waals surface area contributed by atoms with E-state index in [9.17, 15) is 0 Å². The fourth-order valence-corrected chi connectivity index (χ4v) is 3.49. The monoisotopic (exact) mass is 525 g/mol. The summed E-state index contributed by atoms with van der Waals surface area (Å²) in [6, 6.07) is 10.3. The highest BCUT2D eigenvalue weighted by molar-refractivity contribution is 14.0. The molecule has 9 heteroatoms. The lowest BCUT2D eigenvalue weighted by Crippen LogP contribution is -2.40. The SMILES string of the molecule is Cc1cnc(CCN(C)C(=NCc2ccccc2)NCc2nnc(C)n2C)s1.I. The third kappa shape index (κ3) is 6.77. The normalized spacial score (nSPS) is 11.2. The van der Waals surface area contributed by atoms with Gasteiger partial charge >= 0.3 is 0 Å². The minimum atomic E-state index is 0. The van der Waals surface area contributed by atoms with E-state index >= 15 is 0 Å². The van der Waals surface area contributed by atoms with Crippen LogP contribution >= 0.6 is 35.3 Å². The van der Waals surface area contributed by atoms with Gasteiger partial charge < -0.3 is 14.8 Å². The maximum atomic E-state index is 4.82. The van der Waals surface area contributed by atoms with Crippen molar-refractivity contribution in [3.05, 3.63) is 63.6 Å². The van der Waals surface area contributed by atoms with Gasteiger partial charge in [-0.3, -0.25) is 0 Å². The lowest BCUT2D eigenvalue weighted by Gasteiger charge is -2.22. The molecule has 2 aromatic heterocycles. The Balaban J connectivity index is 0.00000300. The van der Waals surface area contributed by atoms with Gasteiger partial charge in [-0.2, -0.15) is 0 Å². The van der Waals surface area contributed by atoms with Crippen molar-refractivity contribution in [3.63, 3.8) is 0 Å². The molecule has 0 amide bonds. The predicted octanol–water partition coefficient (Wildman–Crippen LogP) is 3.33. The summed E-state index contributed by atoms with van der Waals surface area (Å²) < 4.78 is 1.99. The van der Waals surface area contributed by atoms with Crippen LogP contribution in [0.15, 0.2) is 41.5 Å². The fraction of sp³-hybridized carbons (Fsp3) is 0.400. The molecule has 0 aliphatic heterocycles. The van der Waals surface area contributed by atoms with E-state index in [0.29, 0.717) is 13.1 Å². The molecule has 0 saturated carbocycles. The molecule has 1 N–H and O–H groups in total. The summed E-state index contributed by atoms with van der Waals surface area (Å²) in [5.74, 6) is 2.62. The Kier molecular flexibility index (Phi) is 9.02. The smallest absolute Gasteiger partial charge is 0.194 e. The summed E-state index contributed by atoms with van der Waals surface area (Å²) in [4.78, 5) is 12.7. The molecule has 0 bridgehead atoms. The van der Waals surface area contributed by atoms with E-state index in [1.165, 1.54) is 10.4 Å². The Morgan fingerprint density at radius 1 is 1.21 bits per heavy atom. The van der Waals surface area contributed by atoms with Crippen LogP contribution in [-0.4, -0.2) is 44.2 Å². The van der Waals surface area contributed by atoms with Gasteiger partial charge in [-0.15, -0.1) is 45.5 Å². The van der Waals surface area contributed by atoms with Crippen molar-refractivity contribution in [2.24, 2.45) is 12.0 Å². The Morgan fingerprint density at radius 3 is 2.59 bits per heavy atom. The zero-order valence-electron chi connectivity index (χ0n) is 17.3. The Bertz CT molecular complexity index is 920. The van der Waals surface area contributed by atoms with Gasteiger partial charge in [-0.1, -0.05) is 30.3 Å². The summed E-state index contributed by atoms with van der Waals surface area (Å²) in [5, 5.41) is 12.9. The summed E-state index contributed by atoms with van der Waals surface area (Å²) in [6.45, 7) is 6.07. The zero-order chi connectivity index (χ0) is 19.9. The second-order valence-corrected chi connectivity index (χ2v) is 8.06. The van der Waals surface area contributed by atoms with Crippen molar-refractivity contribution in [1.82, 2.24) is 30.0 Å². The number of nitrogens with one attached hydrogen (secondary N) is 1. The van der Waals surface area contributed by atoms with Crippen LogP contribution in [0, 0.1) is 13.8 Å². The molecule has 1 aromatic carbocycles. The minimum absolute atomic E-state index is 0. The number of benzene rings is 1. The summed E-state index contributed by atoms with van der Waals surface area (Å²) in [5.41, 5.74) is 1.18. The Hall–Kier alpha value is -2.01. The van der Waals surface area contributed by atoms with Crippen LogP contribution in [0.2, 0.25) is 0 Å². The number of aliphatic imine (C=N–C) groups is 1. The fourth-order valence-electron chi connectivity index (χ4n) is 2.71. The van der Waals surface area contributed by atoms with Crippen molar-refractivity contribution < 1.29 is 0 Å². The number of aryl methyl sites for hydroxylation is 2. The Labute approximate surface area is 193 Å². The van der Waals surface area contributed by atoms with Crippen LogP contribution in [-0.2, 0) is 26.6 Å². The van der Waals surface area contributed by atoms with Gasteiger partial charge in [0.15, 0.2) is 11.8 Å². The van der Waals surface area contributed by atoms with Gasteiger partial charge in [0.05, 0.1) is 18.1 Å². The number of guanidine groups is 1. The van der Waals surface area contributed by atoms with Crippen molar-refractivity contribution >= 4 is 41.3 Å². The number of likely N-dealkylation sites (N-methyl/N-ethyl adjacent to an activating group) is 1. The highest BCUT2D eigenvalue weighted by Crippen LogP contribution is 2.12. The van der Waals surface area contributed by atoms with Crippen LogP contribution < -0.4 is 5.32 Å². The first-order valence-corrected chi connectivity index (χ1v) is 10.1. The first kappa shape index (κ1) is 23.3. The number of nitrogens with zero attached hydrogens (tertiary/aromatic N) is 6. The molecule has 0 spiro atoms. The quantitative estimate of drug-likeness (QED) is 0.291. The van der Waals surface area contributed by atoms with E-state index in [2.05, 4.69) is 51.5 Å². The zero-order valence-corrected chi connectivity index (χ0v) is 20.4. The number of hydrogen-bond donors (Lipinski definition) is 1. The van der Waals surface area contributed by atoms with Crippen molar-refractivity contribution in [3.8, 4) is 0 Å². The molecule has 156 valence electrons. The lowest BCUT2D eigenvalue weighted by molar-refractivity contribution is 0.480. The number of aromatic nitrogens is 4. The van der Waals surface area contributed by atoms with Gasteiger partial charge in [0.2, 0.25) is 0 Å². The molecular formula is C20H28IN7S. The van der Waals surface area contributed by atoms with E-state index < -0.39 is 0 Å². The second kappa shape index (κ2) is 11.2. The molecule has 2 heterocycles. The third-order valence-corrected chi connectivity index (χ3v) is 5.51. The molecule has 0 saturated heterocycles. The van der Waals surface area contributed by atoms with Crippen molar-refractivity contribution in [2.45, 2.75) is 33.4 Å². The minimum Gasteiger partial charge on any atom is -0.349 e. The number of hydrogen-bond acceptors (Lipinski definition) is 5. The van der Waals surface area contributed by atoms with Gasteiger partial charge in [0.25, 0.3) is 0 Å². The second-order valence-electron chi connectivity index (χ2n) is 6.74. The molecular weight excluding hydrogens is 497 g/mol. The number of halogens is 1. The molecule has 29 heavy (non-hydrogen) atoms. The van der Waals surface area contributed by atoms with E-state index in [0.717, 1.165) is 35.6 Å². The standard InChI is InChI=1S/C20H27N7S.HI/c1-15-12-21-19(28-15)10-11-26(3)20(22-13-17-8-6-5-7-9-17)23-14-18-25-24-16(2)27(18)4;/h5-9,12H,10-11,13-14H2,1-4H3,(H,22,23);1H. The molecule has 7 nitrogen and oxygen atoms in total. The van der Waals surface area contributed by atoms with E-state index in [1.54, 1.807) is 11.3 Å². The topological polar surface area (TPSA) is 71.2 Å². The van der Waals surface area contributed by atoms with Crippen LogP contribution in [0.1, 0.15) is 27.1 Å². The van der Waals surface area contributed by atoms with Crippen LogP contribution in [0.25, 0.3) is 0 Å². The molecule has 0 aliphatic carbocycles. The van der Waals surface area contributed by atoms with Gasteiger partial charge in [-0.25, -0.2) is 9.98 Å². The summed E-state index contributed by atoms with van der Waals surface area (Å²) in [6.07, 6.45) is 2.82. The average Bonchev–Trinajstić information content (AvgIpc) is 3.26. The highest BCUT2D eigenvalue weighted by Gasteiger charge is 2.11. The predicted molar refractivity (Wildman–Crippen MR) is 129 cm³/mol. The highest BCUT2D eigenvalue weighted by atomic mass is 127. The molecule has 3 rings (SSSR count). The maximum absolute atomic E-state index is 4.82. The third-order valence-electron chi connectivity index (χ3n) is 4.53. The summed E-state index contributed by atoms with van der Waals surface area (Å²) >= 11 is 1.75. The van der Waals surface area contributed by atoms with Gasteiger partial charge in [0.1, 0.15) is 5.82 Å². The van der Waals surface area contributed by atoms with E-state index in [1.807, 2.05) is 42.9 Å². The first-order valence-electron chi connectivity index (χ1n) is 9.32. The molecule has 3 aromatic rings. The number of rotatable bonds is 7. The van der Waals surface area contributed by atoms with E-state index in [-0.39, 0.29) is 24.0 Å². The van der Waals surface area contributed by atoms with Crippen molar-refractivity contribution in [2.75, 3.05) is 13.6 Å². The van der Waals surface area contributed by atoms with Crippen LogP contribution in [0.4, 0.5) is 0 Å². The molecule has 0 unspecified atom stereocenters. The summed E-state index contributed by atoms with van der Waals surface area (Å²) in [7, 11) is 4.03. The van der Waals surface area contributed by atoms with Gasteiger partial charge in [-0.05, 0) is 19.4 Å². The first-order chi connectivity index (χ1) is 13.5. The van der Waals surface area contributed by atoms with Crippen LogP contribution in [0.5, 0.6) is 0 Å². The van der Waals surface area contributed by atoms with Crippen molar-refractivity contribution in [1.29, 1.82) is 0 Å². The van der Waals surface area contributed by atoms with E-state index in [4.69, 9.17) is 4.99 Å². The Morgan fingerprint density at radius 2 is 1.97 bits per heavy atom. The number of thiazole rings is 1. The van der Waals surface area contributed by atoms with Crippen LogP contribution in [0.3, 0.4) is 0 Å². The average molecular weight is 525 g/mol. The maximum Gasteiger partial charge on any atom is 0.194 e.